The molecule has 0 unspecified atom stereocenters. The van der Waals surface area contributed by atoms with E-state index in [1.54, 1.807) is 30.3 Å². The minimum atomic E-state index is -0.351. The molecule has 25 heavy (non-hydrogen) atoms. The van der Waals surface area contributed by atoms with E-state index in [9.17, 15) is 9.18 Å². The van der Waals surface area contributed by atoms with E-state index in [0.717, 1.165) is 32.8 Å². The number of carbonyl (C=O) groups excluding carboxylic acids is 1. The van der Waals surface area contributed by atoms with E-state index in [1.807, 2.05) is 0 Å². The normalized spacial score (nSPS) is 14.9. The fourth-order valence-electron chi connectivity index (χ4n) is 2.59. The van der Waals surface area contributed by atoms with Crippen molar-refractivity contribution in [2.45, 2.75) is 0 Å². The van der Waals surface area contributed by atoms with Crippen LogP contribution in [-0.4, -0.2) is 55.2 Å². The summed E-state index contributed by atoms with van der Waals surface area (Å²) in [7, 11) is 0. The molecule has 2 aromatic rings. The Labute approximate surface area is 146 Å². The van der Waals surface area contributed by atoms with Crippen molar-refractivity contribution in [3.63, 3.8) is 0 Å². The van der Waals surface area contributed by atoms with Gasteiger partial charge in [-0.2, -0.15) is 0 Å². The van der Waals surface area contributed by atoms with E-state index in [4.69, 9.17) is 4.74 Å². The number of para-hydroxylation sites is 1. The molecule has 0 spiro atoms. The van der Waals surface area contributed by atoms with Gasteiger partial charge in [-0.05, 0) is 24.3 Å². The van der Waals surface area contributed by atoms with Gasteiger partial charge in [-0.25, -0.2) is 4.39 Å². The topological polar surface area (TPSA) is 66.5 Å². The molecule has 1 fully saturated rings. The highest BCUT2D eigenvalue weighted by Crippen LogP contribution is 2.19. The van der Waals surface area contributed by atoms with E-state index < -0.39 is 0 Å². The third kappa shape index (κ3) is 4.98. The molecule has 1 aliphatic heterocycles. The molecule has 1 aromatic heterocycles. The number of morpholine rings is 1. The highest BCUT2D eigenvalue weighted by Gasteiger charge is 2.12. The molecule has 0 atom stereocenters. The maximum atomic E-state index is 13.7. The molecular weight excluding hydrogens is 323 g/mol. The zero-order chi connectivity index (χ0) is 17.5. The summed E-state index contributed by atoms with van der Waals surface area (Å²) >= 11 is 0. The summed E-state index contributed by atoms with van der Waals surface area (Å²) in [6, 6.07) is 9.68. The Kier molecular flexibility index (Phi) is 5.92. The van der Waals surface area contributed by atoms with Gasteiger partial charge in [0.25, 0.3) is 5.91 Å². The fourth-order valence-corrected chi connectivity index (χ4v) is 2.59. The first kappa shape index (κ1) is 17.3. The number of amides is 1. The van der Waals surface area contributed by atoms with Crippen molar-refractivity contribution < 1.29 is 13.9 Å². The van der Waals surface area contributed by atoms with Crippen molar-refractivity contribution in [3.05, 3.63) is 54.1 Å². The van der Waals surface area contributed by atoms with Crippen LogP contribution >= 0.6 is 0 Å². The van der Waals surface area contributed by atoms with Gasteiger partial charge >= 0.3 is 0 Å². The molecule has 1 saturated heterocycles. The van der Waals surface area contributed by atoms with Gasteiger partial charge in [0.05, 0.1) is 18.9 Å². The van der Waals surface area contributed by atoms with E-state index >= 15 is 0 Å². The van der Waals surface area contributed by atoms with Crippen molar-refractivity contribution in [1.29, 1.82) is 0 Å². The maximum absolute atomic E-state index is 13.7. The number of hydrogen-bond acceptors (Lipinski definition) is 5. The molecule has 0 radical (unpaired) electrons. The fraction of sp³-hybridized carbons (Fsp3) is 0.333. The Morgan fingerprint density at radius 3 is 2.84 bits per heavy atom. The van der Waals surface area contributed by atoms with E-state index in [1.165, 1.54) is 12.3 Å². The van der Waals surface area contributed by atoms with Crippen LogP contribution in [0.1, 0.15) is 10.5 Å². The molecule has 6 nitrogen and oxygen atoms in total. The van der Waals surface area contributed by atoms with Gasteiger partial charge < -0.3 is 15.4 Å². The largest absolute Gasteiger partial charge is 0.379 e. The lowest BCUT2D eigenvalue weighted by Gasteiger charge is -2.26. The van der Waals surface area contributed by atoms with Crippen LogP contribution in [-0.2, 0) is 4.74 Å². The molecule has 0 bridgehead atoms. The number of pyridine rings is 1. The SMILES string of the molecule is O=C(NCCN1CCOCC1)c1cc(Nc2ccccc2F)ccn1. The van der Waals surface area contributed by atoms with Gasteiger partial charge in [-0.1, -0.05) is 12.1 Å². The average molecular weight is 344 g/mol. The van der Waals surface area contributed by atoms with Gasteiger partial charge in [0, 0.05) is 38.1 Å². The molecule has 0 aliphatic carbocycles. The Morgan fingerprint density at radius 1 is 1.24 bits per heavy atom. The van der Waals surface area contributed by atoms with Crippen LogP contribution in [0.25, 0.3) is 0 Å². The highest BCUT2D eigenvalue weighted by molar-refractivity contribution is 5.93. The number of benzene rings is 1. The summed E-state index contributed by atoms with van der Waals surface area (Å²) in [5.74, 6) is -0.596. The monoisotopic (exact) mass is 344 g/mol. The van der Waals surface area contributed by atoms with Crippen LogP contribution < -0.4 is 10.6 Å². The molecule has 1 aromatic carbocycles. The summed E-state index contributed by atoms with van der Waals surface area (Å²) in [6.07, 6.45) is 1.53. The number of rotatable bonds is 6. The number of nitrogens with one attached hydrogen (secondary N) is 2. The molecule has 2 heterocycles. The van der Waals surface area contributed by atoms with Crippen molar-refractivity contribution in [2.75, 3.05) is 44.7 Å². The van der Waals surface area contributed by atoms with Crippen LogP contribution in [0.4, 0.5) is 15.8 Å². The first-order valence-corrected chi connectivity index (χ1v) is 8.28. The predicted molar refractivity (Wildman–Crippen MR) is 93.5 cm³/mol. The molecule has 2 N–H and O–H groups in total. The highest BCUT2D eigenvalue weighted by atomic mass is 19.1. The van der Waals surface area contributed by atoms with Gasteiger partial charge in [-0.3, -0.25) is 14.7 Å². The molecule has 7 heteroatoms. The second-order valence-corrected chi connectivity index (χ2v) is 5.74. The van der Waals surface area contributed by atoms with Crippen LogP contribution in [0.2, 0.25) is 0 Å². The van der Waals surface area contributed by atoms with Crippen molar-refractivity contribution in [1.82, 2.24) is 15.2 Å². The second kappa shape index (κ2) is 8.55. The number of anilines is 2. The average Bonchev–Trinajstić information content (AvgIpc) is 2.65. The zero-order valence-electron chi connectivity index (χ0n) is 13.9. The summed E-state index contributed by atoms with van der Waals surface area (Å²) in [5.41, 5.74) is 1.26. The number of carbonyl (C=O) groups is 1. The number of aromatic nitrogens is 1. The first-order chi connectivity index (χ1) is 12.2. The van der Waals surface area contributed by atoms with Gasteiger partial charge in [-0.15, -0.1) is 0 Å². The predicted octanol–water partition coefficient (Wildman–Crippen LogP) is 2.03. The standard InChI is InChI=1S/C18H21FN4O2/c19-15-3-1-2-4-16(15)22-14-5-6-20-17(13-14)18(24)21-7-8-23-9-11-25-12-10-23/h1-6,13H,7-12H2,(H,20,22)(H,21,24). The number of ether oxygens (including phenoxy) is 1. The Hall–Kier alpha value is -2.51. The van der Waals surface area contributed by atoms with E-state index in [0.29, 0.717) is 23.6 Å². The minimum Gasteiger partial charge on any atom is -0.379 e. The second-order valence-electron chi connectivity index (χ2n) is 5.74. The smallest absolute Gasteiger partial charge is 0.269 e. The summed E-state index contributed by atoms with van der Waals surface area (Å²) in [6.45, 7) is 4.57. The molecule has 132 valence electrons. The minimum absolute atomic E-state index is 0.245. The molecular formula is C18H21FN4O2. The Bertz CT molecular complexity index is 720. The van der Waals surface area contributed by atoms with Gasteiger partial charge in [0.2, 0.25) is 0 Å². The lowest BCUT2D eigenvalue weighted by Crippen LogP contribution is -2.41. The summed E-state index contributed by atoms with van der Waals surface area (Å²) in [5, 5.41) is 5.82. The lowest BCUT2D eigenvalue weighted by molar-refractivity contribution is 0.0383. The Balaban J connectivity index is 1.55. The van der Waals surface area contributed by atoms with Crippen molar-refractivity contribution in [3.8, 4) is 0 Å². The molecule has 1 amide bonds. The number of nitrogens with zero attached hydrogens (tertiary/aromatic N) is 2. The quantitative estimate of drug-likeness (QED) is 0.839. The molecule has 3 rings (SSSR count). The van der Waals surface area contributed by atoms with E-state index in [2.05, 4.69) is 20.5 Å². The zero-order valence-corrected chi connectivity index (χ0v) is 13.9. The summed E-state index contributed by atoms with van der Waals surface area (Å²) < 4.78 is 19.0. The van der Waals surface area contributed by atoms with Gasteiger partial charge in [0.1, 0.15) is 11.5 Å². The third-order valence-electron chi connectivity index (χ3n) is 3.96. The van der Waals surface area contributed by atoms with Crippen molar-refractivity contribution >= 4 is 17.3 Å². The Morgan fingerprint density at radius 2 is 2.04 bits per heavy atom. The van der Waals surface area contributed by atoms with Crippen molar-refractivity contribution in [2.24, 2.45) is 0 Å². The summed E-state index contributed by atoms with van der Waals surface area (Å²) in [4.78, 5) is 18.6. The van der Waals surface area contributed by atoms with Gasteiger partial charge in [0.15, 0.2) is 0 Å². The third-order valence-corrected chi connectivity index (χ3v) is 3.96. The first-order valence-electron chi connectivity index (χ1n) is 8.28. The lowest BCUT2D eigenvalue weighted by atomic mass is 10.2. The van der Waals surface area contributed by atoms with Crippen LogP contribution in [0, 0.1) is 5.82 Å². The maximum Gasteiger partial charge on any atom is 0.269 e. The van der Waals surface area contributed by atoms with Crippen LogP contribution in [0.15, 0.2) is 42.6 Å². The number of hydrogen-bond donors (Lipinski definition) is 2. The van der Waals surface area contributed by atoms with Crippen LogP contribution in [0.3, 0.4) is 0 Å². The molecule has 1 aliphatic rings. The van der Waals surface area contributed by atoms with Crippen LogP contribution in [0.5, 0.6) is 0 Å². The number of halogens is 1. The van der Waals surface area contributed by atoms with E-state index in [-0.39, 0.29) is 11.7 Å². The molecule has 0 saturated carbocycles.